The van der Waals surface area contributed by atoms with Crippen molar-refractivity contribution in [3.63, 3.8) is 0 Å². The molecule has 72 heavy (non-hydrogen) atoms. The van der Waals surface area contributed by atoms with Gasteiger partial charge in [-0.15, -0.1) is 13.2 Å². The maximum Gasteiger partial charge on any atom is 0.573 e. The number of rotatable bonds is 14. The zero-order valence-corrected chi connectivity index (χ0v) is 38.5. The number of aromatic nitrogens is 3. The maximum atomic E-state index is 15.6. The Morgan fingerprint density at radius 2 is 1.65 bits per heavy atom. The van der Waals surface area contributed by atoms with E-state index in [1.54, 1.807) is 29.2 Å². The molecule has 5 heterocycles. The van der Waals surface area contributed by atoms with E-state index < -0.39 is 47.1 Å². The van der Waals surface area contributed by atoms with Gasteiger partial charge in [-0.1, -0.05) is 0 Å². The third-order valence-corrected chi connectivity index (χ3v) is 12.6. The van der Waals surface area contributed by atoms with Crippen LogP contribution in [0.1, 0.15) is 57.7 Å². The molecule has 0 bridgehead atoms. The van der Waals surface area contributed by atoms with Gasteiger partial charge in [0, 0.05) is 74.3 Å². The number of aryl methyl sites for hydroxylation is 1. The van der Waals surface area contributed by atoms with Gasteiger partial charge >= 0.3 is 6.36 Å². The number of likely N-dealkylation sites (tertiary alicyclic amines) is 1. The molecule has 4 aromatic carbocycles. The SMILES string of the molecule is COc1cc2c(Oc3ccc(NC(=O)c4c(C)n(C)c5ccc(OC(F)(F)F)cc5c4=O)cc3F)ncnc2cc1OCCCC(=O)N1CC(C(=O)Nc2ccc3c(c2)CN(C2CCC(=O)NC2=O)C3=O)C1. The van der Waals surface area contributed by atoms with Crippen molar-refractivity contribution in [2.45, 2.75) is 51.6 Å². The van der Waals surface area contributed by atoms with Gasteiger partial charge in [0.05, 0.1) is 41.4 Å². The number of carbonyl (C=O) groups is 6. The van der Waals surface area contributed by atoms with Gasteiger partial charge in [-0.2, -0.15) is 0 Å². The van der Waals surface area contributed by atoms with Crippen molar-refractivity contribution in [3.8, 4) is 28.9 Å². The molecule has 3 aliphatic rings. The number of piperidine rings is 1. The Morgan fingerprint density at radius 1 is 0.889 bits per heavy atom. The molecule has 6 amide bonds. The van der Waals surface area contributed by atoms with Crippen molar-refractivity contribution in [3.05, 3.63) is 111 Å². The van der Waals surface area contributed by atoms with E-state index in [4.69, 9.17) is 14.2 Å². The number of nitrogens with zero attached hydrogens (tertiary/aromatic N) is 5. The standard InChI is InChI=1S/C49H42F4N8O11/c1-24-42(43(64)32-17-29(72-49(51,52)53)8-10-35(32)59(24)2)46(67)57-28-7-12-37(33(50)16-28)71-47-31-18-38(69-3)39(19-34(31)54-23-55-47)70-14-4-5-41(63)60-20-26(21-60)44(65)56-27-6-9-30-25(15-27)22-61(48(30)68)36-11-13-40(62)58-45(36)66/h6-10,12,15-19,23,26,36H,4-5,11,13-14,20-22H2,1-3H3,(H,56,65)(H,57,67)(H,58,62,66). The average molecular weight is 995 g/mol. The number of alkyl halides is 3. The lowest BCUT2D eigenvalue weighted by molar-refractivity contribution is -0.274. The van der Waals surface area contributed by atoms with E-state index in [9.17, 15) is 46.7 Å². The van der Waals surface area contributed by atoms with Crippen LogP contribution in [0.3, 0.4) is 0 Å². The summed E-state index contributed by atoms with van der Waals surface area (Å²) in [4.78, 5) is 101. The van der Waals surface area contributed by atoms with Crippen LogP contribution < -0.4 is 40.3 Å². The van der Waals surface area contributed by atoms with Gasteiger partial charge in [0.25, 0.3) is 11.8 Å². The molecule has 2 saturated heterocycles. The summed E-state index contributed by atoms with van der Waals surface area (Å²) < 4.78 is 77.0. The fourth-order valence-electron chi connectivity index (χ4n) is 8.76. The zero-order chi connectivity index (χ0) is 51.2. The number of hydrogen-bond donors (Lipinski definition) is 3. The lowest BCUT2D eigenvalue weighted by Crippen LogP contribution is -2.54. The number of ether oxygens (including phenoxy) is 4. The second kappa shape index (κ2) is 19.3. The number of methoxy groups -OCH3 is 1. The fraction of sp³-hybridized carbons (Fsp3) is 0.286. The third kappa shape index (κ3) is 9.76. The fourth-order valence-corrected chi connectivity index (χ4v) is 8.76. The molecular weight excluding hydrogens is 953 g/mol. The lowest BCUT2D eigenvalue weighted by atomic mass is 9.98. The normalized spacial score (nSPS) is 15.8. The van der Waals surface area contributed by atoms with Crippen molar-refractivity contribution < 1.29 is 65.3 Å². The van der Waals surface area contributed by atoms with Gasteiger partial charge in [-0.05, 0) is 79.9 Å². The van der Waals surface area contributed by atoms with E-state index in [-0.39, 0.29) is 114 Å². The molecule has 2 aromatic heterocycles. The van der Waals surface area contributed by atoms with Crippen molar-refractivity contribution in [1.29, 1.82) is 0 Å². The van der Waals surface area contributed by atoms with Crippen LogP contribution >= 0.6 is 0 Å². The molecule has 1 unspecified atom stereocenters. The minimum atomic E-state index is -5.01. The first kappa shape index (κ1) is 48.4. The first-order chi connectivity index (χ1) is 34.3. The van der Waals surface area contributed by atoms with Crippen molar-refractivity contribution in [1.82, 2.24) is 29.7 Å². The summed E-state index contributed by atoms with van der Waals surface area (Å²) in [7, 11) is 2.93. The molecule has 19 nitrogen and oxygen atoms in total. The van der Waals surface area contributed by atoms with Crippen LogP contribution in [-0.2, 0) is 32.8 Å². The Labute approximate surface area is 405 Å². The van der Waals surface area contributed by atoms with Crippen LogP contribution in [0.25, 0.3) is 21.8 Å². The van der Waals surface area contributed by atoms with Gasteiger partial charge < -0.3 is 43.9 Å². The molecular formula is C49H42F4N8O11. The largest absolute Gasteiger partial charge is 0.573 e. The number of hydrogen-bond acceptors (Lipinski definition) is 13. The second-order valence-corrected chi connectivity index (χ2v) is 17.2. The molecule has 6 aromatic rings. The van der Waals surface area contributed by atoms with Crippen molar-refractivity contribution >= 4 is 68.6 Å². The second-order valence-electron chi connectivity index (χ2n) is 17.2. The summed E-state index contributed by atoms with van der Waals surface area (Å²) in [5, 5.41) is 7.71. The topological polar surface area (TPSA) is 230 Å². The first-order valence-electron chi connectivity index (χ1n) is 22.4. The molecule has 3 N–H and O–H groups in total. The molecule has 2 fully saturated rings. The molecule has 9 rings (SSSR count). The summed E-state index contributed by atoms with van der Waals surface area (Å²) in [6.07, 6.45) is -2.98. The molecule has 1 atom stereocenters. The number of halogens is 4. The van der Waals surface area contributed by atoms with Gasteiger partial charge in [0.1, 0.15) is 23.7 Å². The first-order valence-corrected chi connectivity index (χ1v) is 22.4. The highest BCUT2D eigenvalue weighted by Crippen LogP contribution is 2.38. The number of imide groups is 1. The number of fused-ring (bicyclic) bond motifs is 3. The van der Waals surface area contributed by atoms with Crippen LogP contribution in [0, 0.1) is 18.7 Å². The monoisotopic (exact) mass is 994 g/mol. The predicted molar refractivity (Wildman–Crippen MR) is 247 cm³/mol. The highest BCUT2D eigenvalue weighted by Gasteiger charge is 2.40. The van der Waals surface area contributed by atoms with Gasteiger partial charge in [0.2, 0.25) is 34.9 Å². The highest BCUT2D eigenvalue weighted by molar-refractivity contribution is 6.07. The predicted octanol–water partition coefficient (Wildman–Crippen LogP) is 5.90. The van der Waals surface area contributed by atoms with E-state index in [1.807, 2.05) is 0 Å². The van der Waals surface area contributed by atoms with Crippen molar-refractivity contribution in [2.24, 2.45) is 13.0 Å². The van der Waals surface area contributed by atoms with Crippen LogP contribution in [0.2, 0.25) is 0 Å². The Hall–Kier alpha value is -8.63. The number of benzene rings is 4. The summed E-state index contributed by atoms with van der Waals surface area (Å²) in [6, 6.07) is 13.9. The quantitative estimate of drug-likeness (QED) is 0.0657. The Kier molecular flexibility index (Phi) is 13.0. The molecule has 0 aliphatic carbocycles. The minimum absolute atomic E-state index is 0.0565. The Bertz CT molecular complexity index is 3320. The number of nitrogens with one attached hydrogen (secondary N) is 3. The van der Waals surface area contributed by atoms with E-state index >= 15 is 4.39 Å². The molecule has 0 radical (unpaired) electrons. The lowest BCUT2D eigenvalue weighted by Gasteiger charge is -2.38. The molecule has 372 valence electrons. The van der Waals surface area contributed by atoms with Crippen molar-refractivity contribution in [2.75, 3.05) is 37.4 Å². The average Bonchev–Trinajstić information content (AvgIpc) is 3.63. The minimum Gasteiger partial charge on any atom is -0.493 e. The summed E-state index contributed by atoms with van der Waals surface area (Å²) in [5.41, 5.74) is 1.04. The number of anilines is 2. The zero-order valence-electron chi connectivity index (χ0n) is 38.5. The van der Waals surface area contributed by atoms with E-state index in [0.717, 1.165) is 18.2 Å². The van der Waals surface area contributed by atoms with E-state index in [0.29, 0.717) is 39.9 Å². The van der Waals surface area contributed by atoms with Gasteiger partial charge in [-0.3, -0.25) is 38.9 Å². The summed E-state index contributed by atoms with van der Waals surface area (Å²) in [6.45, 7) is 2.20. The van der Waals surface area contributed by atoms with Gasteiger partial charge in [0.15, 0.2) is 23.1 Å². The van der Waals surface area contributed by atoms with Crippen LogP contribution in [0.5, 0.6) is 28.9 Å². The smallest absolute Gasteiger partial charge is 0.493 e. The summed E-state index contributed by atoms with van der Waals surface area (Å²) >= 11 is 0. The Balaban J connectivity index is 0.766. The van der Waals surface area contributed by atoms with Crippen LogP contribution in [0.4, 0.5) is 28.9 Å². The highest BCUT2D eigenvalue weighted by atomic mass is 19.4. The number of carbonyl (C=O) groups excluding carboxylic acids is 6. The van der Waals surface area contributed by atoms with Gasteiger partial charge in [-0.25, -0.2) is 14.4 Å². The summed E-state index contributed by atoms with van der Waals surface area (Å²) in [5.74, 6) is -4.40. The molecule has 3 aliphatic heterocycles. The molecule has 0 spiro atoms. The maximum absolute atomic E-state index is 15.6. The Morgan fingerprint density at radius 3 is 2.39 bits per heavy atom. The third-order valence-electron chi connectivity index (χ3n) is 12.6. The van der Waals surface area contributed by atoms with E-state index in [1.165, 1.54) is 61.1 Å². The number of pyridine rings is 1. The van der Waals surface area contributed by atoms with E-state index in [2.05, 4.69) is 30.7 Å². The number of amides is 6. The molecule has 23 heteroatoms. The van der Waals surface area contributed by atoms with Crippen LogP contribution in [0.15, 0.2) is 77.9 Å². The molecule has 0 saturated carbocycles. The van der Waals surface area contributed by atoms with Crippen LogP contribution in [-0.4, -0.2) is 99.0 Å².